The van der Waals surface area contributed by atoms with Crippen LogP contribution in [-0.4, -0.2) is 58.6 Å². The second kappa shape index (κ2) is 10.4. The molecule has 0 spiro atoms. The van der Waals surface area contributed by atoms with E-state index in [4.69, 9.17) is 9.47 Å². The van der Waals surface area contributed by atoms with Crippen molar-refractivity contribution in [3.63, 3.8) is 0 Å². The average Bonchev–Trinajstić information content (AvgIpc) is 2.77. The van der Waals surface area contributed by atoms with Crippen molar-refractivity contribution in [2.75, 3.05) is 40.0 Å². The monoisotopic (exact) mass is 424 g/mol. The van der Waals surface area contributed by atoms with Crippen molar-refractivity contribution in [2.45, 2.75) is 49.8 Å². The zero-order valence-electron chi connectivity index (χ0n) is 17.2. The van der Waals surface area contributed by atoms with Crippen molar-refractivity contribution in [1.82, 2.24) is 9.62 Å². The Morgan fingerprint density at radius 1 is 1.21 bits per heavy atom. The molecule has 7 nitrogen and oxygen atoms in total. The van der Waals surface area contributed by atoms with Crippen LogP contribution in [0.3, 0.4) is 0 Å². The van der Waals surface area contributed by atoms with Crippen LogP contribution in [0.1, 0.15) is 44.1 Å². The number of hydrogen-bond donors (Lipinski definition) is 1. The highest BCUT2D eigenvalue weighted by atomic mass is 32.2. The summed E-state index contributed by atoms with van der Waals surface area (Å²) in [6.07, 6.45) is 6.93. The Kier molecular flexibility index (Phi) is 7.91. The maximum atomic E-state index is 12.9. The lowest BCUT2D eigenvalue weighted by molar-refractivity contribution is -0.121. The minimum atomic E-state index is -3.58. The molecule has 1 amide bonds. The minimum absolute atomic E-state index is 0.000865. The third-order valence-corrected chi connectivity index (χ3v) is 7.69. The maximum absolute atomic E-state index is 12.9. The molecule has 1 N–H and O–H groups in total. The number of carbonyl (C=O) groups excluding carboxylic acids is 1. The summed E-state index contributed by atoms with van der Waals surface area (Å²) in [4.78, 5) is 12.5. The summed E-state index contributed by atoms with van der Waals surface area (Å²) >= 11 is 0. The third kappa shape index (κ3) is 5.93. The van der Waals surface area contributed by atoms with E-state index < -0.39 is 10.0 Å². The Balaban J connectivity index is 1.61. The standard InChI is InChI=1S/C21H32N2O5S/c1-27-20-9-8-19(29(25,26)23-11-13-28-14-12-23)15-18(20)7-10-21(24)22-16-17-5-3-2-4-6-17/h8-9,15,17H,2-7,10-14,16H2,1H3,(H,22,24). The predicted molar refractivity (Wildman–Crippen MR) is 110 cm³/mol. The Hall–Kier alpha value is -1.64. The van der Waals surface area contributed by atoms with E-state index in [9.17, 15) is 13.2 Å². The van der Waals surface area contributed by atoms with Gasteiger partial charge in [0.1, 0.15) is 5.75 Å². The number of morpholine rings is 1. The summed E-state index contributed by atoms with van der Waals surface area (Å²) in [5, 5.41) is 3.04. The summed E-state index contributed by atoms with van der Waals surface area (Å²) in [6, 6.07) is 4.87. The smallest absolute Gasteiger partial charge is 0.243 e. The molecule has 1 saturated carbocycles. The van der Waals surface area contributed by atoms with Gasteiger partial charge >= 0.3 is 0 Å². The molecule has 1 aromatic carbocycles. The van der Waals surface area contributed by atoms with Gasteiger partial charge in [0.2, 0.25) is 15.9 Å². The molecule has 0 bridgehead atoms. The maximum Gasteiger partial charge on any atom is 0.243 e. The largest absolute Gasteiger partial charge is 0.496 e. The molecular weight excluding hydrogens is 392 g/mol. The first-order valence-corrected chi connectivity index (χ1v) is 12.0. The molecule has 162 valence electrons. The van der Waals surface area contributed by atoms with Crippen LogP contribution < -0.4 is 10.1 Å². The van der Waals surface area contributed by atoms with Gasteiger partial charge in [-0.15, -0.1) is 0 Å². The third-order valence-electron chi connectivity index (χ3n) is 5.79. The quantitative estimate of drug-likeness (QED) is 0.692. The number of sulfonamides is 1. The topological polar surface area (TPSA) is 84.9 Å². The molecule has 3 rings (SSSR count). The van der Waals surface area contributed by atoms with Gasteiger partial charge in [0, 0.05) is 26.1 Å². The molecule has 29 heavy (non-hydrogen) atoms. The average molecular weight is 425 g/mol. The number of nitrogens with one attached hydrogen (secondary N) is 1. The van der Waals surface area contributed by atoms with Crippen molar-refractivity contribution in [3.8, 4) is 5.75 Å². The molecule has 2 fully saturated rings. The van der Waals surface area contributed by atoms with Crippen LogP contribution in [0.15, 0.2) is 23.1 Å². The van der Waals surface area contributed by atoms with Gasteiger partial charge in [-0.3, -0.25) is 4.79 Å². The fourth-order valence-electron chi connectivity index (χ4n) is 4.03. The normalized spacial score (nSPS) is 19.1. The molecule has 1 saturated heterocycles. The van der Waals surface area contributed by atoms with Crippen LogP contribution in [0.2, 0.25) is 0 Å². The van der Waals surface area contributed by atoms with Crippen molar-refractivity contribution < 1.29 is 22.7 Å². The van der Waals surface area contributed by atoms with Crippen LogP contribution in [0.25, 0.3) is 0 Å². The van der Waals surface area contributed by atoms with E-state index in [-0.39, 0.29) is 10.8 Å². The fourth-order valence-corrected chi connectivity index (χ4v) is 5.49. The van der Waals surface area contributed by atoms with E-state index in [2.05, 4.69) is 5.32 Å². The van der Waals surface area contributed by atoms with Crippen molar-refractivity contribution in [3.05, 3.63) is 23.8 Å². The van der Waals surface area contributed by atoms with Gasteiger partial charge in [-0.25, -0.2) is 8.42 Å². The summed E-state index contributed by atoms with van der Waals surface area (Å²) in [6.45, 7) is 2.26. The van der Waals surface area contributed by atoms with Crippen molar-refractivity contribution in [2.24, 2.45) is 5.92 Å². The summed E-state index contributed by atoms with van der Waals surface area (Å²) in [5.41, 5.74) is 0.731. The molecule has 1 aliphatic heterocycles. The number of rotatable bonds is 8. The molecular formula is C21H32N2O5S. The molecule has 0 aromatic heterocycles. The molecule has 0 unspecified atom stereocenters. The first-order chi connectivity index (χ1) is 14.0. The van der Waals surface area contributed by atoms with E-state index in [0.29, 0.717) is 50.8 Å². The number of aryl methyl sites for hydroxylation is 1. The molecule has 1 aliphatic carbocycles. The van der Waals surface area contributed by atoms with Gasteiger partial charge in [0.15, 0.2) is 0 Å². The highest BCUT2D eigenvalue weighted by Gasteiger charge is 2.27. The second-order valence-electron chi connectivity index (χ2n) is 7.80. The van der Waals surface area contributed by atoms with Crippen LogP contribution in [0, 0.1) is 5.92 Å². The summed E-state index contributed by atoms with van der Waals surface area (Å²) in [5.74, 6) is 1.19. The lowest BCUT2D eigenvalue weighted by Crippen LogP contribution is -2.40. The van der Waals surface area contributed by atoms with Gasteiger partial charge in [-0.1, -0.05) is 19.3 Å². The van der Waals surface area contributed by atoms with Gasteiger partial charge in [-0.2, -0.15) is 4.31 Å². The molecule has 1 aromatic rings. The van der Waals surface area contributed by atoms with Crippen LogP contribution >= 0.6 is 0 Å². The number of amides is 1. The summed E-state index contributed by atoms with van der Waals surface area (Å²) < 4.78 is 37.9. The number of carbonyl (C=O) groups is 1. The van der Waals surface area contributed by atoms with Crippen LogP contribution in [-0.2, 0) is 26.0 Å². The van der Waals surface area contributed by atoms with E-state index >= 15 is 0 Å². The Morgan fingerprint density at radius 2 is 1.93 bits per heavy atom. The first-order valence-electron chi connectivity index (χ1n) is 10.5. The molecule has 8 heteroatoms. The van der Waals surface area contributed by atoms with Crippen molar-refractivity contribution in [1.29, 1.82) is 0 Å². The number of benzene rings is 1. The molecule has 1 heterocycles. The van der Waals surface area contributed by atoms with E-state index in [1.807, 2.05) is 0 Å². The van der Waals surface area contributed by atoms with Crippen LogP contribution in [0.5, 0.6) is 5.75 Å². The van der Waals surface area contributed by atoms with Crippen molar-refractivity contribution >= 4 is 15.9 Å². The Labute approximate surface area is 173 Å². The Morgan fingerprint density at radius 3 is 2.62 bits per heavy atom. The zero-order valence-corrected chi connectivity index (χ0v) is 18.0. The zero-order chi connectivity index (χ0) is 20.7. The van der Waals surface area contributed by atoms with E-state index in [1.54, 1.807) is 25.3 Å². The van der Waals surface area contributed by atoms with E-state index in [1.165, 1.54) is 36.4 Å². The van der Waals surface area contributed by atoms with Gasteiger partial charge in [0.25, 0.3) is 0 Å². The van der Waals surface area contributed by atoms with E-state index in [0.717, 1.165) is 12.1 Å². The molecule has 2 aliphatic rings. The van der Waals surface area contributed by atoms with Gasteiger partial charge < -0.3 is 14.8 Å². The predicted octanol–water partition coefficient (Wildman–Crippen LogP) is 2.35. The minimum Gasteiger partial charge on any atom is -0.496 e. The summed E-state index contributed by atoms with van der Waals surface area (Å²) in [7, 11) is -2.02. The number of hydrogen-bond acceptors (Lipinski definition) is 5. The lowest BCUT2D eigenvalue weighted by Gasteiger charge is -2.26. The fraction of sp³-hybridized carbons (Fsp3) is 0.667. The SMILES string of the molecule is COc1ccc(S(=O)(=O)N2CCOCC2)cc1CCC(=O)NCC1CCCCC1. The number of methoxy groups -OCH3 is 1. The van der Waals surface area contributed by atoms with Gasteiger partial charge in [0.05, 0.1) is 25.2 Å². The first kappa shape index (κ1) is 22.1. The molecule has 0 radical (unpaired) electrons. The lowest BCUT2D eigenvalue weighted by atomic mass is 9.89. The van der Waals surface area contributed by atoms with Crippen LogP contribution in [0.4, 0.5) is 0 Å². The van der Waals surface area contributed by atoms with Gasteiger partial charge in [-0.05, 0) is 48.9 Å². The number of nitrogens with zero attached hydrogens (tertiary/aromatic N) is 1. The molecule has 0 atom stereocenters. The Bertz CT molecular complexity index is 784. The highest BCUT2D eigenvalue weighted by Crippen LogP contribution is 2.26. The highest BCUT2D eigenvalue weighted by molar-refractivity contribution is 7.89. The second-order valence-corrected chi connectivity index (χ2v) is 9.74. The number of ether oxygens (including phenoxy) is 2.